The number of ether oxygens (including phenoxy) is 1. The summed E-state index contributed by atoms with van der Waals surface area (Å²) in [5, 5.41) is 0. The zero-order valence-electron chi connectivity index (χ0n) is 8.04. The second-order valence-corrected chi connectivity index (χ2v) is 4.40. The van der Waals surface area contributed by atoms with Gasteiger partial charge in [0.1, 0.15) is 5.75 Å². The van der Waals surface area contributed by atoms with Gasteiger partial charge in [-0.15, -0.1) is 0 Å². The summed E-state index contributed by atoms with van der Waals surface area (Å²) >= 11 is 0. The molecule has 1 aromatic carbocycles. The first-order valence-electron chi connectivity index (χ1n) is 4.07. The zero-order chi connectivity index (χ0) is 11.3. The third kappa shape index (κ3) is 5.14. The highest BCUT2D eigenvalue weighted by Crippen LogP contribution is 2.08. The molecular formula is C9H10O5S. The van der Waals surface area contributed by atoms with Crippen molar-refractivity contribution >= 4 is 16.1 Å². The lowest BCUT2D eigenvalue weighted by Gasteiger charge is -2.03. The fourth-order valence-corrected chi connectivity index (χ4v) is 1.11. The third-order valence-electron chi connectivity index (χ3n) is 1.37. The molecule has 0 aromatic heterocycles. The SMILES string of the molecule is CS(=O)(=O)OCC(=O)Oc1ccccc1. The van der Waals surface area contributed by atoms with Gasteiger partial charge in [0.15, 0.2) is 6.61 Å². The van der Waals surface area contributed by atoms with E-state index in [0.717, 1.165) is 6.26 Å². The number of hydrogen-bond donors (Lipinski definition) is 0. The highest BCUT2D eigenvalue weighted by Gasteiger charge is 2.09. The topological polar surface area (TPSA) is 69.7 Å². The fraction of sp³-hybridized carbons (Fsp3) is 0.222. The lowest BCUT2D eigenvalue weighted by molar-refractivity contribution is -0.136. The largest absolute Gasteiger partial charge is 0.425 e. The summed E-state index contributed by atoms with van der Waals surface area (Å²) in [6.45, 7) is -0.617. The minimum absolute atomic E-state index is 0.347. The molecule has 0 amide bonds. The van der Waals surface area contributed by atoms with Gasteiger partial charge in [0, 0.05) is 0 Å². The second-order valence-electron chi connectivity index (χ2n) is 2.75. The van der Waals surface area contributed by atoms with Crippen molar-refractivity contribution in [2.24, 2.45) is 0 Å². The Morgan fingerprint density at radius 1 is 1.27 bits per heavy atom. The Morgan fingerprint density at radius 3 is 2.40 bits per heavy atom. The normalized spacial score (nSPS) is 11.0. The Kier molecular flexibility index (Phi) is 3.81. The first-order valence-corrected chi connectivity index (χ1v) is 5.89. The quantitative estimate of drug-likeness (QED) is 0.429. The van der Waals surface area contributed by atoms with Gasteiger partial charge in [-0.2, -0.15) is 8.42 Å². The van der Waals surface area contributed by atoms with Gasteiger partial charge in [-0.3, -0.25) is 4.18 Å². The summed E-state index contributed by atoms with van der Waals surface area (Å²) in [6, 6.07) is 8.32. The van der Waals surface area contributed by atoms with Crippen molar-refractivity contribution in [3.05, 3.63) is 30.3 Å². The summed E-state index contributed by atoms with van der Waals surface area (Å²) in [5.74, 6) is -0.411. The molecule has 0 unspecified atom stereocenters. The van der Waals surface area contributed by atoms with Gasteiger partial charge >= 0.3 is 5.97 Å². The van der Waals surface area contributed by atoms with Crippen LogP contribution in [0.4, 0.5) is 0 Å². The number of carbonyl (C=O) groups is 1. The molecule has 0 spiro atoms. The van der Waals surface area contributed by atoms with Crippen molar-refractivity contribution in [2.45, 2.75) is 0 Å². The number of esters is 1. The van der Waals surface area contributed by atoms with Crippen LogP contribution >= 0.6 is 0 Å². The Morgan fingerprint density at radius 2 is 1.87 bits per heavy atom. The predicted octanol–water partition coefficient (Wildman–Crippen LogP) is 0.568. The average molecular weight is 230 g/mol. The molecule has 0 saturated carbocycles. The monoisotopic (exact) mass is 230 g/mol. The molecule has 0 radical (unpaired) electrons. The van der Waals surface area contributed by atoms with Crippen LogP contribution in [0.25, 0.3) is 0 Å². The number of carbonyl (C=O) groups excluding carboxylic acids is 1. The molecule has 5 nitrogen and oxygen atoms in total. The van der Waals surface area contributed by atoms with Crippen molar-refractivity contribution in [3.63, 3.8) is 0 Å². The van der Waals surface area contributed by atoms with Gasteiger partial charge in [0.05, 0.1) is 6.26 Å². The van der Waals surface area contributed by atoms with E-state index in [9.17, 15) is 13.2 Å². The third-order valence-corrected chi connectivity index (χ3v) is 1.91. The van der Waals surface area contributed by atoms with Crippen molar-refractivity contribution in [2.75, 3.05) is 12.9 Å². The van der Waals surface area contributed by atoms with E-state index in [1.807, 2.05) is 0 Å². The highest BCUT2D eigenvalue weighted by atomic mass is 32.2. The molecule has 0 aliphatic heterocycles. The average Bonchev–Trinajstić information content (AvgIpc) is 2.15. The summed E-state index contributed by atoms with van der Waals surface area (Å²) in [4.78, 5) is 11.0. The number of rotatable bonds is 4. The van der Waals surface area contributed by atoms with Gasteiger partial charge < -0.3 is 4.74 Å². The van der Waals surface area contributed by atoms with Crippen LogP contribution in [0.5, 0.6) is 5.75 Å². The van der Waals surface area contributed by atoms with Crippen LogP contribution in [0.3, 0.4) is 0 Å². The number of hydrogen-bond acceptors (Lipinski definition) is 5. The van der Waals surface area contributed by atoms with E-state index in [2.05, 4.69) is 4.18 Å². The van der Waals surface area contributed by atoms with Crippen LogP contribution in [0, 0.1) is 0 Å². The van der Waals surface area contributed by atoms with Gasteiger partial charge in [-0.1, -0.05) is 18.2 Å². The van der Waals surface area contributed by atoms with Gasteiger partial charge in [0.2, 0.25) is 0 Å². The van der Waals surface area contributed by atoms with Crippen molar-refractivity contribution < 1.29 is 22.1 Å². The molecule has 82 valence electrons. The molecule has 0 atom stereocenters. The van der Waals surface area contributed by atoms with Crippen LogP contribution in [-0.2, 0) is 19.1 Å². The van der Waals surface area contributed by atoms with Crippen LogP contribution in [-0.4, -0.2) is 27.2 Å². The Balaban J connectivity index is 2.44. The van der Waals surface area contributed by atoms with E-state index in [1.165, 1.54) is 0 Å². The van der Waals surface area contributed by atoms with Gasteiger partial charge in [-0.05, 0) is 12.1 Å². The minimum Gasteiger partial charge on any atom is -0.425 e. The minimum atomic E-state index is -3.61. The molecule has 0 N–H and O–H groups in total. The van der Waals surface area contributed by atoms with E-state index in [1.54, 1.807) is 30.3 Å². The molecule has 0 aliphatic rings. The molecular weight excluding hydrogens is 220 g/mol. The molecule has 0 saturated heterocycles. The van der Waals surface area contributed by atoms with Crippen LogP contribution < -0.4 is 4.74 Å². The maximum atomic E-state index is 11.0. The molecule has 0 bridgehead atoms. The first-order chi connectivity index (χ1) is 6.97. The zero-order valence-corrected chi connectivity index (χ0v) is 8.86. The van der Waals surface area contributed by atoms with E-state index in [4.69, 9.17) is 4.74 Å². The standard InChI is InChI=1S/C9H10O5S/c1-15(11,12)13-7-9(10)14-8-5-3-2-4-6-8/h2-6H,7H2,1H3. The van der Waals surface area contributed by atoms with Crippen molar-refractivity contribution in [1.29, 1.82) is 0 Å². The lowest BCUT2D eigenvalue weighted by atomic mass is 10.3. The maximum Gasteiger partial charge on any atom is 0.339 e. The lowest BCUT2D eigenvalue weighted by Crippen LogP contribution is -2.18. The summed E-state index contributed by atoms with van der Waals surface area (Å²) in [7, 11) is -3.61. The van der Waals surface area contributed by atoms with E-state index in [-0.39, 0.29) is 0 Å². The smallest absolute Gasteiger partial charge is 0.339 e. The van der Waals surface area contributed by atoms with E-state index < -0.39 is 22.7 Å². The van der Waals surface area contributed by atoms with Crippen LogP contribution in [0.1, 0.15) is 0 Å². The highest BCUT2D eigenvalue weighted by molar-refractivity contribution is 7.86. The summed E-state index contributed by atoms with van der Waals surface area (Å²) < 4.78 is 30.2. The van der Waals surface area contributed by atoms with Gasteiger partial charge in [0.25, 0.3) is 10.1 Å². The van der Waals surface area contributed by atoms with Crippen molar-refractivity contribution in [1.82, 2.24) is 0 Å². The maximum absolute atomic E-state index is 11.0. The number of para-hydroxylation sites is 1. The predicted molar refractivity (Wildman–Crippen MR) is 52.9 cm³/mol. The molecule has 1 aromatic rings. The molecule has 1 rings (SSSR count). The fourth-order valence-electron chi connectivity index (χ4n) is 0.805. The first kappa shape index (κ1) is 11.7. The molecule has 0 aliphatic carbocycles. The summed E-state index contributed by atoms with van der Waals surface area (Å²) in [6.07, 6.45) is 0.864. The number of benzene rings is 1. The van der Waals surface area contributed by atoms with Crippen LogP contribution in [0.15, 0.2) is 30.3 Å². The molecule has 0 fully saturated rings. The van der Waals surface area contributed by atoms with Crippen molar-refractivity contribution in [3.8, 4) is 5.75 Å². The molecule has 6 heteroatoms. The second kappa shape index (κ2) is 4.90. The Bertz CT molecular complexity index is 423. The van der Waals surface area contributed by atoms with Crippen LogP contribution in [0.2, 0.25) is 0 Å². The molecule has 0 heterocycles. The Hall–Kier alpha value is -1.40. The summed E-state index contributed by atoms with van der Waals surface area (Å²) in [5.41, 5.74) is 0. The van der Waals surface area contributed by atoms with Gasteiger partial charge in [-0.25, -0.2) is 4.79 Å². The van der Waals surface area contributed by atoms with E-state index >= 15 is 0 Å². The molecule has 15 heavy (non-hydrogen) atoms. The van der Waals surface area contributed by atoms with E-state index in [0.29, 0.717) is 5.75 Å². The Labute approximate surface area is 87.7 Å².